The first-order valence-corrected chi connectivity index (χ1v) is 8.23. The van der Waals surface area contributed by atoms with Gasteiger partial charge in [0.2, 0.25) is 0 Å². The van der Waals surface area contributed by atoms with Gasteiger partial charge in [-0.1, -0.05) is 6.07 Å². The molecule has 0 aliphatic carbocycles. The molecule has 2 aromatic carbocycles. The van der Waals surface area contributed by atoms with Crippen LogP contribution in [0.5, 0.6) is 11.5 Å². The third-order valence-electron chi connectivity index (χ3n) is 3.71. The van der Waals surface area contributed by atoms with Crippen LogP contribution in [-0.2, 0) is 16.0 Å². The number of aryl methyl sites for hydroxylation is 1. The van der Waals surface area contributed by atoms with Gasteiger partial charge in [-0.05, 0) is 60.4 Å². The Balaban J connectivity index is 1.80. The van der Waals surface area contributed by atoms with E-state index in [1.807, 2.05) is 18.2 Å². The van der Waals surface area contributed by atoms with Crippen LogP contribution in [0.1, 0.15) is 17.5 Å². The second-order valence-electron chi connectivity index (χ2n) is 5.73. The Kier molecular flexibility index (Phi) is 6.91. The predicted molar refractivity (Wildman–Crippen MR) is 103 cm³/mol. The normalized spacial score (nSPS) is 10.7. The predicted octanol–water partition coefficient (Wildman–Crippen LogP) is 3.06. The largest absolute Gasteiger partial charge is 0.493 e. The molecule has 0 unspecified atom stereocenters. The van der Waals surface area contributed by atoms with Crippen molar-refractivity contribution >= 4 is 23.4 Å². The lowest BCUT2D eigenvalue weighted by Crippen LogP contribution is -2.03. The summed E-state index contributed by atoms with van der Waals surface area (Å²) in [5, 5.41) is 0. The summed E-state index contributed by atoms with van der Waals surface area (Å²) in [6, 6.07) is 10.8. The highest BCUT2D eigenvalue weighted by atomic mass is 16.5. The summed E-state index contributed by atoms with van der Waals surface area (Å²) < 4.78 is 15.6. The summed E-state index contributed by atoms with van der Waals surface area (Å²) in [4.78, 5) is 11.8. The van der Waals surface area contributed by atoms with Crippen LogP contribution in [0.3, 0.4) is 0 Å². The third kappa shape index (κ3) is 5.73. The number of methoxy groups -OCH3 is 2. The highest BCUT2D eigenvalue weighted by molar-refractivity contribution is 5.87. The molecule has 0 fully saturated rings. The Morgan fingerprint density at radius 1 is 1.00 bits per heavy atom. The molecule has 2 rings (SSSR count). The summed E-state index contributed by atoms with van der Waals surface area (Å²) in [5.74, 6) is 0.839. The van der Waals surface area contributed by atoms with Crippen LogP contribution in [0.15, 0.2) is 42.5 Å². The van der Waals surface area contributed by atoms with Gasteiger partial charge in [-0.3, -0.25) is 0 Å². The quantitative estimate of drug-likeness (QED) is 0.327. The Bertz CT molecular complexity index is 767. The standard InChI is InChI=1S/C20H24N2O4/c1-24-18-7-5-14(12-19(18)25-2)6-8-20(23)26-9-3-4-15-10-16(21)13-17(22)11-15/h5-8,10-13H,3-4,9,21-22H2,1-2H3/b8-6+. The Labute approximate surface area is 153 Å². The van der Waals surface area contributed by atoms with Crippen LogP contribution in [0.4, 0.5) is 11.4 Å². The van der Waals surface area contributed by atoms with Crippen molar-refractivity contribution in [3.63, 3.8) is 0 Å². The van der Waals surface area contributed by atoms with Crippen LogP contribution in [0, 0.1) is 0 Å². The van der Waals surface area contributed by atoms with E-state index in [-0.39, 0.29) is 0 Å². The first kappa shape index (κ1) is 19.2. The maximum atomic E-state index is 11.8. The van der Waals surface area contributed by atoms with Crippen molar-refractivity contribution in [2.75, 3.05) is 32.3 Å². The van der Waals surface area contributed by atoms with Crippen LogP contribution >= 0.6 is 0 Å². The van der Waals surface area contributed by atoms with E-state index in [1.54, 1.807) is 38.5 Å². The number of ether oxygens (including phenoxy) is 3. The molecule has 0 bridgehead atoms. The van der Waals surface area contributed by atoms with Gasteiger partial charge in [0.05, 0.1) is 20.8 Å². The van der Waals surface area contributed by atoms with Crippen molar-refractivity contribution < 1.29 is 19.0 Å². The monoisotopic (exact) mass is 356 g/mol. The fourth-order valence-corrected chi connectivity index (χ4v) is 2.51. The number of benzene rings is 2. The van der Waals surface area contributed by atoms with Gasteiger partial charge in [0, 0.05) is 17.5 Å². The number of hydrogen-bond donors (Lipinski definition) is 2. The van der Waals surface area contributed by atoms with Crippen molar-refractivity contribution in [1.29, 1.82) is 0 Å². The van der Waals surface area contributed by atoms with Crippen molar-refractivity contribution in [3.05, 3.63) is 53.6 Å². The minimum atomic E-state index is -0.396. The van der Waals surface area contributed by atoms with Gasteiger partial charge in [0.25, 0.3) is 0 Å². The fourth-order valence-electron chi connectivity index (χ4n) is 2.51. The summed E-state index contributed by atoms with van der Waals surface area (Å²) in [5.41, 5.74) is 14.6. The molecule has 2 aromatic rings. The zero-order valence-electron chi connectivity index (χ0n) is 15.0. The fraction of sp³-hybridized carbons (Fsp3) is 0.250. The molecule has 0 amide bonds. The van der Waals surface area contributed by atoms with Crippen molar-refractivity contribution in [3.8, 4) is 11.5 Å². The average Bonchev–Trinajstić information content (AvgIpc) is 2.62. The molecular weight excluding hydrogens is 332 g/mol. The molecule has 0 aliphatic heterocycles. The highest BCUT2D eigenvalue weighted by Gasteiger charge is 2.04. The van der Waals surface area contributed by atoms with Crippen molar-refractivity contribution in [2.24, 2.45) is 0 Å². The van der Waals surface area contributed by atoms with Gasteiger partial charge in [-0.25, -0.2) is 4.79 Å². The lowest BCUT2D eigenvalue weighted by Gasteiger charge is -2.07. The van der Waals surface area contributed by atoms with Gasteiger partial charge in [-0.2, -0.15) is 0 Å². The van der Waals surface area contributed by atoms with E-state index >= 15 is 0 Å². The second kappa shape index (κ2) is 9.36. The minimum absolute atomic E-state index is 0.323. The number of nitrogen functional groups attached to an aromatic ring is 2. The number of carbonyl (C=O) groups excluding carboxylic acids is 1. The summed E-state index contributed by atoms with van der Waals surface area (Å²) in [6.07, 6.45) is 4.49. The Hall–Kier alpha value is -3.15. The van der Waals surface area contributed by atoms with E-state index in [0.29, 0.717) is 35.9 Å². The zero-order chi connectivity index (χ0) is 18.9. The first-order chi connectivity index (χ1) is 12.5. The summed E-state index contributed by atoms with van der Waals surface area (Å²) in [6.45, 7) is 0.323. The molecule has 0 atom stereocenters. The smallest absolute Gasteiger partial charge is 0.330 e. The lowest BCUT2D eigenvalue weighted by atomic mass is 10.1. The molecule has 26 heavy (non-hydrogen) atoms. The zero-order valence-corrected chi connectivity index (χ0v) is 15.0. The number of carbonyl (C=O) groups is 1. The highest BCUT2D eigenvalue weighted by Crippen LogP contribution is 2.27. The molecule has 0 saturated heterocycles. The van der Waals surface area contributed by atoms with Crippen LogP contribution in [0.25, 0.3) is 6.08 Å². The number of hydrogen-bond acceptors (Lipinski definition) is 6. The number of nitrogens with two attached hydrogens (primary N) is 2. The molecule has 0 spiro atoms. The van der Waals surface area contributed by atoms with Crippen LogP contribution < -0.4 is 20.9 Å². The van der Waals surface area contributed by atoms with Crippen molar-refractivity contribution in [2.45, 2.75) is 12.8 Å². The van der Waals surface area contributed by atoms with Crippen LogP contribution in [-0.4, -0.2) is 26.8 Å². The van der Waals surface area contributed by atoms with E-state index in [4.69, 9.17) is 25.7 Å². The molecule has 6 heteroatoms. The number of anilines is 2. The summed E-state index contributed by atoms with van der Waals surface area (Å²) in [7, 11) is 3.14. The Morgan fingerprint density at radius 3 is 2.35 bits per heavy atom. The van der Waals surface area contributed by atoms with E-state index in [1.165, 1.54) is 6.08 Å². The van der Waals surface area contributed by atoms with E-state index < -0.39 is 5.97 Å². The molecule has 0 aliphatic rings. The molecule has 4 N–H and O–H groups in total. The van der Waals surface area contributed by atoms with Gasteiger partial charge >= 0.3 is 5.97 Å². The van der Waals surface area contributed by atoms with E-state index in [2.05, 4.69) is 0 Å². The van der Waals surface area contributed by atoms with Crippen molar-refractivity contribution in [1.82, 2.24) is 0 Å². The Morgan fingerprint density at radius 2 is 1.69 bits per heavy atom. The molecular formula is C20H24N2O4. The number of esters is 1. The molecule has 138 valence electrons. The third-order valence-corrected chi connectivity index (χ3v) is 3.71. The van der Waals surface area contributed by atoms with Gasteiger partial charge < -0.3 is 25.7 Å². The van der Waals surface area contributed by atoms with E-state index in [9.17, 15) is 4.79 Å². The number of rotatable bonds is 8. The van der Waals surface area contributed by atoms with E-state index in [0.717, 1.165) is 17.5 Å². The maximum absolute atomic E-state index is 11.8. The lowest BCUT2D eigenvalue weighted by molar-refractivity contribution is -0.137. The maximum Gasteiger partial charge on any atom is 0.330 e. The molecule has 0 aromatic heterocycles. The second-order valence-corrected chi connectivity index (χ2v) is 5.73. The SMILES string of the molecule is COc1ccc(/C=C/C(=O)OCCCc2cc(N)cc(N)c2)cc1OC. The molecule has 0 saturated carbocycles. The van der Waals surface area contributed by atoms with Gasteiger partial charge in [0.1, 0.15) is 0 Å². The van der Waals surface area contributed by atoms with Crippen LogP contribution in [0.2, 0.25) is 0 Å². The topological polar surface area (TPSA) is 96.8 Å². The molecule has 0 heterocycles. The first-order valence-electron chi connectivity index (χ1n) is 8.23. The summed E-state index contributed by atoms with van der Waals surface area (Å²) >= 11 is 0. The average molecular weight is 356 g/mol. The van der Waals surface area contributed by atoms with Gasteiger partial charge in [0.15, 0.2) is 11.5 Å². The molecule has 0 radical (unpaired) electrons. The van der Waals surface area contributed by atoms with Gasteiger partial charge in [-0.15, -0.1) is 0 Å². The minimum Gasteiger partial charge on any atom is -0.493 e. The molecule has 6 nitrogen and oxygen atoms in total.